The Morgan fingerprint density at radius 2 is 1.90 bits per heavy atom. The van der Waals surface area contributed by atoms with Gasteiger partial charge in [0.2, 0.25) is 6.79 Å². The van der Waals surface area contributed by atoms with Gasteiger partial charge in [0.05, 0.1) is 5.70 Å². The third-order valence-electron chi connectivity index (χ3n) is 4.16. The molecule has 2 bridgehead atoms. The van der Waals surface area contributed by atoms with Crippen LogP contribution in [0.25, 0.3) is 6.08 Å². The molecule has 5 rings (SSSR count). The van der Waals surface area contributed by atoms with Gasteiger partial charge < -0.3 is 14.4 Å². The number of halogens is 1. The molecule has 5 heteroatoms. The fourth-order valence-corrected chi connectivity index (χ4v) is 3.07. The highest BCUT2D eigenvalue weighted by molar-refractivity contribution is 6.01. The molecule has 1 aromatic rings. The van der Waals surface area contributed by atoms with Gasteiger partial charge in [-0.2, -0.15) is 0 Å². The normalized spacial score (nSPS) is 22.3. The van der Waals surface area contributed by atoms with Crippen molar-refractivity contribution in [1.82, 2.24) is 4.90 Å². The standard InChI is InChI=1S/C15H15NO3.ClH/c17-15-11-3-5-16(6-4-11)12(15)7-10-1-2-13-14(8-10)19-9-18-13;/h1-2,7-8,11H,3-6,9H2;1H/b12-7+;. The van der Waals surface area contributed by atoms with Crippen molar-refractivity contribution in [3.63, 3.8) is 0 Å². The van der Waals surface area contributed by atoms with Gasteiger partial charge in [0.1, 0.15) is 0 Å². The molecular weight excluding hydrogens is 278 g/mol. The summed E-state index contributed by atoms with van der Waals surface area (Å²) < 4.78 is 10.7. The molecule has 3 saturated heterocycles. The quantitative estimate of drug-likeness (QED) is 0.746. The molecule has 0 aliphatic carbocycles. The van der Waals surface area contributed by atoms with Gasteiger partial charge in [-0.3, -0.25) is 4.79 Å². The highest BCUT2D eigenvalue weighted by atomic mass is 35.5. The van der Waals surface area contributed by atoms with Crippen molar-refractivity contribution in [3.05, 3.63) is 29.5 Å². The van der Waals surface area contributed by atoms with Crippen molar-refractivity contribution in [2.45, 2.75) is 12.8 Å². The van der Waals surface area contributed by atoms with Crippen LogP contribution in [0, 0.1) is 5.92 Å². The fourth-order valence-electron chi connectivity index (χ4n) is 3.07. The smallest absolute Gasteiger partial charge is 0.231 e. The number of piperidine rings is 3. The van der Waals surface area contributed by atoms with Crippen LogP contribution in [0.15, 0.2) is 23.9 Å². The molecular formula is C15H16ClNO3. The summed E-state index contributed by atoms with van der Waals surface area (Å²) in [6.45, 7) is 2.29. The van der Waals surface area contributed by atoms with Crippen LogP contribution in [-0.2, 0) is 4.79 Å². The summed E-state index contributed by atoms with van der Waals surface area (Å²) in [7, 11) is 0. The lowest BCUT2D eigenvalue weighted by molar-refractivity contribution is -0.125. The maximum absolute atomic E-state index is 12.3. The van der Waals surface area contributed by atoms with E-state index in [2.05, 4.69) is 4.90 Å². The minimum absolute atomic E-state index is 0. The molecule has 0 saturated carbocycles. The van der Waals surface area contributed by atoms with Crippen LogP contribution < -0.4 is 9.47 Å². The largest absolute Gasteiger partial charge is 0.454 e. The number of hydrogen-bond acceptors (Lipinski definition) is 4. The summed E-state index contributed by atoms with van der Waals surface area (Å²) in [4.78, 5) is 14.5. The Bertz CT molecular complexity index is 576. The second kappa shape index (κ2) is 5.02. The van der Waals surface area contributed by atoms with Crippen molar-refractivity contribution in [2.24, 2.45) is 5.92 Å². The summed E-state index contributed by atoms with van der Waals surface area (Å²) in [5.41, 5.74) is 1.86. The molecule has 0 radical (unpaired) electrons. The number of Topliss-reactive ketones (excluding diaryl/α,β-unsaturated/α-hetero) is 1. The van der Waals surface area contributed by atoms with Gasteiger partial charge in [-0.1, -0.05) is 6.07 Å². The number of carbonyl (C=O) groups is 1. The summed E-state index contributed by atoms with van der Waals surface area (Å²) in [5.74, 6) is 2.08. The average molecular weight is 294 g/mol. The lowest BCUT2D eigenvalue weighted by Crippen LogP contribution is -2.45. The predicted octanol–water partition coefficient (Wildman–Crippen LogP) is 2.47. The van der Waals surface area contributed by atoms with Gasteiger partial charge in [-0.15, -0.1) is 12.4 Å². The second-order valence-electron chi connectivity index (χ2n) is 5.27. The Balaban J connectivity index is 0.00000121. The lowest BCUT2D eigenvalue weighted by atomic mass is 9.84. The molecule has 0 N–H and O–H groups in total. The predicted molar refractivity (Wildman–Crippen MR) is 77.1 cm³/mol. The summed E-state index contributed by atoms with van der Waals surface area (Å²) in [6.07, 6.45) is 4.00. The summed E-state index contributed by atoms with van der Waals surface area (Å²) in [6, 6.07) is 5.80. The minimum atomic E-state index is 0. The topological polar surface area (TPSA) is 38.8 Å². The SMILES string of the molecule is Cl.O=C1/C(=C\c2ccc3c(c2)OCO3)N2CCC1CC2. The zero-order chi connectivity index (χ0) is 12.8. The van der Waals surface area contributed by atoms with Crippen LogP contribution in [0.3, 0.4) is 0 Å². The van der Waals surface area contributed by atoms with Gasteiger partial charge >= 0.3 is 0 Å². The van der Waals surface area contributed by atoms with Gasteiger partial charge in [0, 0.05) is 19.0 Å². The van der Waals surface area contributed by atoms with Crippen LogP contribution in [0.1, 0.15) is 18.4 Å². The summed E-state index contributed by atoms with van der Waals surface area (Å²) in [5, 5.41) is 0. The molecule has 106 valence electrons. The molecule has 0 atom stereocenters. The molecule has 3 fully saturated rings. The van der Waals surface area contributed by atoms with Crippen LogP contribution in [0.2, 0.25) is 0 Å². The Morgan fingerprint density at radius 1 is 1.15 bits per heavy atom. The Kier molecular flexibility index (Phi) is 3.34. The Morgan fingerprint density at radius 3 is 2.65 bits per heavy atom. The maximum atomic E-state index is 12.3. The molecule has 20 heavy (non-hydrogen) atoms. The van der Waals surface area contributed by atoms with Crippen molar-refractivity contribution in [2.75, 3.05) is 19.9 Å². The van der Waals surface area contributed by atoms with Gasteiger partial charge in [-0.25, -0.2) is 0 Å². The van der Waals surface area contributed by atoms with Gasteiger partial charge in [-0.05, 0) is 36.6 Å². The van der Waals surface area contributed by atoms with E-state index in [9.17, 15) is 4.79 Å². The Hall–Kier alpha value is -1.68. The molecule has 1 aromatic carbocycles. The van der Waals surface area contributed by atoms with Crippen LogP contribution in [0.5, 0.6) is 11.5 Å². The number of rotatable bonds is 1. The van der Waals surface area contributed by atoms with E-state index >= 15 is 0 Å². The third-order valence-corrected chi connectivity index (χ3v) is 4.16. The van der Waals surface area contributed by atoms with Crippen LogP contribution >= 0.6 is 12.4 Å². The van der Waals surface area contributed by atoms with Gasteiger partial charge in [0.15, 0.2) is 17.3 Å². The van der Waals surface area contributed by atoms with Crippen molar-refractivity contribution in [1.29, 1.82) is 0 Å². The molecule has 4 aliphatic rings. The first-order valence-corrected chi connectivity index (χ1v) is 6.72. The average Bonchev–Trinajstić information content (AvgIpc) is 2.91. The molecule has 4 heterocycles. The number of benzene rings is 1. The highest BCUT2D eigenvalue weighted by Crippen LogP contribution is 2.35. The summed E-state index contributed by atoms with van der Waals surface area (Å²) >= 11 is 0. The first-order valence-electron chi connectivity index (χ1n) is 6.72. The fraction of sp³-hybridized carbons (Fsp3) is 0.400. The van der Waals surface area contributed by atoms with E-state index in [0.717, 1.165) is 48.7 Å². The number of hydrogen-bond donors (Lipinski definition) is 0. The van der Waals surface area contributed by atoms with E-state index in [0.29, 0.717) is 5.78 Å². The van der Waals surface area contributed by atoms with E-state index in [1.807, 2.05) is 24.3 Å². The second-order valence-corrected chi connectivity index (χ2v) is 5.27. The highest BCUT2D eigenvalue weighted by Gasteiger charge is 2.36. The first-order chi connectivity index (χ1) is 9.31. The number of fused-ring (bicyclic) bond motifs is 4. The van der Waals surface area contributed by atoms with E-state index in [-0.39, 0.29) is 25.1 Å². The van der Waals surface area contributed by atoms with E-state index in [1.165, 1.54) is 0 Å². The van der Waals surface area contributed by atoms with E-state index < -0.39 is 0 Å². The number of ether oxygens (including phenoxy) is 2. The Labute approximate surface area is 123 Å². The third kappa shape index (κ3) is 2.04. The van der Waals surface area contributed by atoms with Crippen LogP contribution in [-0.4, -0.2) is 30.6 Å². The monoisotopic (exact) mass is 293 g/mol. The number of nitrogens with zero attached hydrogens (tertiary/aromatic N) is 1. The number of allylic oxidation sites excluding steroid dienone is 1. The minimum Gasteiger partial charge on any atom is -0.454 e. The zero-order valence-electron chi connectivity index (χ0n) is 11.0. The molecule has 0 unspecified atom stereocenters. The molecule has 0 spiro atoms. The van der Waals surface area contributed by atoms with E-state index in [4.69, 9.17) is 9.47 Å². The zero-order valence-corrected chi connectivity index (χ0v) is 11.8. The molecule has 0 amide bonds. The molecule has 4 nitrogen and oxygen atoms in total. The van der Waals surface area contributed by atoms with Gasteiger partial charge in [0.25, 0.3) is 0 Å². The number of ketones is 1. The van der Waals surface area contributed by atoms with Crippen molar-refractivity contribution < 1.29 is 14.3 Å². The van der Waals surface area contributed by atoms with E-state index in [1.54, 1.807) is 0 Å². The molecule has 4 aliphatic heterocycles. The molecule has 0 aromatic heterocycles. The maximum Gasteiger partial charge on any atom is 0.231 e. The number of carbonyl (C=O) groups excluding carboxylic acids is 1. The lowest BCUT2D eigenvalue weighted by Gasteiger charge is -2.41. The van der Waals surface area contributed by atoms with Crippen molar-refractivity contribution in [3.8, 4) is 11.5 Å². The first kappa shape index (κ1) is 13.3. The van der Waals surface area contributed by atoms with Crippen LogP contribution in [0.4, 0.5) is 0 Å². The van der Waals surface area contributed by atoms with Crippen molar-refractivity contribution >= 4 is 24.3 Å².